The van der Waals surface area contributed by atoms with Crippen LogP contribution >= 0.6 is 11.6 Å². The number of carbonyl (C=O) groups excluding carboxylic acids is 2. The third-order valence-electron chi connectivity index (χ3n) is 5.11. The lowest BCUT2D eigenvalue weighted by atomic mass is 9.99. The average molecular weight is 454 g/mol. The predicted molar refractivity (Wildman–Crippen MR) is 135 cm³/mol. The van der Waals surface area contributed by atoms with Crippen LogP contribution in [0.5, 0.6) is 0 Å². The van der Waals surface area contributed by atoms with Crippen molar-refractivity contribution in [2.24, 2.45) is 0 Å². The molecule has 0 saturated heterocycles. The smallest absolute Gasteiger partial charge is 0.271 e. The van der Waals surface area contributed by atoms with Crippen molar-refractivity contribution < 1.29 is 9.59 Å². The first-order chi connectivity index (χ1) is 16.0. The van der Waals surface area contributed by atoms with Gasteiger partial charge in [0.25, 0.3) is 5.91 Å². The van der Waals surface area contributed by atoms with Crippen molar-refractivity contribution in [3.63, 3.8) is 0 Å². The number of halogens is 1. The Morgan fingerprint density at radius 1 is 0.818 bits per heavy atom. The fourth-order valence-electron chi connectivity index (χ4n) is 3.31. The van der Waals surface area contributed by atoms with E-state index in [0.29, 0.717) is 16.3 Å². The molecule has 0 aliphatic carbocycles. The standard InChI is InChI=1S/C26H21BClN3O2/c27-20-10-15-23(29-16-20)26(33)31-25(30-22-13-11-21(28)12-14-22)24(32)19-8-6-18(7-9-19)17-4-2-1-3-5-17/h1-16,25,30H,27H2,(H,31,33). The Morgan fingerprint density at radius 2 is 1.48 bits per heavy atom. The number of benzene rings is 3. The van der Waals surface area contributed by atoms with E-state index in [2.05, 4.69) is 15.6 Å². The minimum atomic E-state index is -0.996. The maximum absolute atomic E-state index is 13.4. The highest BCUT2D eigenvalue weighted by Crippen LogP contribution is 2.20. The quantitative estimate of drug-likeness (QED) is 0.254. The van der Waals surface area contributed by atoms with E-state index in [1.807, 2.05) is 50.3 Å². The Bertz CT molecular complexity index is 1250. The van der Waals surface area contributed by atoms with Gasteiger partial charge in [-0.2, -0.15) is 0 Å². The van der Waals surface area contributed by atoms with Gasteiger partial charge >= 0.3 is 0 Å². The van der Waals surface area contributed by atoms with Gasteiger partial charge in [0.1, 0.15) is 13.5 Å². The second-order valence-electron chi connectivity index (χ2n) is 7.59. The Hall–Kier alpha value is -3.90. The molecule has 2 N–H and O–H groups in total. The van der Waals surface area contributed by atoms with Crippen molar-refractivity contribution in [2.45, 2.75) is 6.17 Å². The molecular weight excluding hydrogens is 433 g/mol. The van der Waals surface area contributed by atoms with Gasteiger partial charge in [0.05, 0.1) is 0 Å². The minimum Gasteiger partial charge on any atom is -0.359 e. The fourth-order valence-corrected chi connectivity index (χ4v) is 3.44. The van der Waals surface area contributed by atoms with Crippen LogP contribution in [0.25, 0.3) is 11.1 Å². The molecule has 0 fully saturated rings. The number of carbonyl (C=O) groups is 2. The zero-order valence-electron chi connectivity index (χ0n) is 18.0. The van der Waals surface area contributed by atoms with E-state index in [1.165, 1.54) is 0 Å². The van der Waals surface area contributed by atoms with Gasteiger partial charge in [-0.3, -0.25) is 14.6 Å². The minimum absolute atomic E-state index is 0.232. The lowest BCUT2D eigenvalue weighted by Crippen LogP contribution is -2.46. The van der Waals surface area contributed by atoms with Crippen molar-refractivity contribution in [2.75, 3.05) is 5.32 Å². The van der Waals surface area contributed by atoms with Crippen LogP contribution < -0.4 is 16.1 Å². The van der Waals surface area contributed by atoms with Gasteiger partial charge in [-0.25, -0.2) is 0 Å². The molecule has 3 aromatic carbocycles. The molecule has 162 valence electrons. The highest BCUT2D eigenvalue weighted by Gasteiger charge is 2.23. The summed E-state index contributed by atoms with van der Waals surface area (Å²) >= 11 is 5.98. The molecular formula is C26H21BClN3O2. The first-order valence-electron chi connectivity index (χ1n) is 10.4. The van der Waals surface area contributed by atoms with E-state index in [4.69, 9.17) is 11.6 Å². The largest absolute Gasteiger partial charge is 0.359 e. The van der Waals surface area contributed by atoms with Crippen LogP contribution in [-0.4, -0.2) is 30.7 Å². The lowest BCUT2D eigenvalue weighted by Gasteiger charge is -2.20. The summed E-state index contributed by atoms with van der Waals surface area (Å²) in [6.07, 6.45) is 0.616. The molecule has 1 amide bonds. The molecule has 0 spiro atoms. The number of hydrogen-bond donors (Lipinski definition) is 2. The molecule has 1 atom stereocenters. The van der Waals surface area contributed by atoms with Gasteiger partial charge in [0.2, 0.25) is 5.78 Å². The number of anilines is 1. The van der Waals surface area contributed by atoms with E-state index < -0.39 is 12.1 Å². The molecule has 33 heavy (non-hydrogen) atoms. The van der Waals surface area contributed by atoms with Gasteiger partial charge in [-0.05, 0) is 41.5 Å². The predicted octanol–water partition coefficient (Wildman–Crippen LogP) is 3.71. The number of Topliss-reactive ketones (excluding diaryl/α,β-unsaturated/α-hetero) is 1. The SMILES string of the molecule is Bc1ccc(C(=O)NC(Nc2ccc(Cl)cc2)C(=O)c2ccc(-c3ccccc3)cc2)nc1. The number of nitrogens with zero attached hydrogens (tertiary/aromatic N) is 1. The van der Waals surface area contributed by atoms with E-state index in [-0.39, 0.29) is 11.5 Å². The maximum Gasteiger partial charge on any atom is 0.271 e. The highest BCUT2D eigenvalue weighted by molar-refractivity contribution is 6.32. The zero-order chi connectivity index (χ0) is 23.2. The fraction of sp³-hybridized carbons (Fsp3) is 0.0385. The summed E-state index contributed by atoms with van der Waals surface area (Å²) in [6, 6.07) is 27.6. The molecule has 4 rings (SSSR count). The van der Waals surface area contributed by atoms with Crippen LogP contribution in [0.15, 0.2) is 97.2 Å². The van der Waals surface area contributed by atoms with Crippen molar-refractivity contribution in [1.82, 2.24) is 10.3 Å². The topological polar surface area (TPSA) is 71.1 Å². The number of rotatable bonds is 7. The van der Waals surface area contributed by atoms with Gasteiger partial charge < -0.3 is 10.6 Å². The Balaban J connectivity index is 1.58. The van der Waals surface area contributed by atoms with Crippen molar-refractivity contribution in [1.29, 1.82) is 0 Å². The number of aromatic nitrogens is 1. The molecule has 0 aliphatic heterocycles. The number of amides is 1. The molecule has 1 heterocycles. The van der Waals surface area contributed by atoms with Crippen LogP contribution in [0.2, 0.25) is 5.02 Å². The Labute approximate surface area is 198 Å². The van der Waals surface area contributed by atoms with Gasteiger partial charge in [-0.15, -0.1) is 0 Å². The summed E-state index contributed by atoms with van der Waals surface area (Å²) in [5.41, 5.74) is 4.36. The maximum atomic E-state index is 13.4. The van der Waals surface area contributed by atoms with Gasteiger partial charge in [-0.1, -0.05) is 77.7 Å². The first-order valence-corrected chi connectivity index (χ1v) is 10.8. The van der Waals surface area contributed by atoms with Crippen LogP contribution in [0, 0.1) is 0 Å². The molecule has 0 aliphatic rings. The summed E-state index contributed by atoms with van der Waals surface area (Å²) in [5.74, 6) is -0.722. The number of ketones is 1. The number of nitrogens with one attached hydrogen (secondary N) is 2. The Kier molecular flexibility index (Phi) is 6.86. The van der Waals surface area contributed by atoms with E-state index in [0.717, 1.165) is 16.6 Å². The van der Waals surface area contributed by atoms with Crippen molar-refractivity contribution in [3.05, 3.63) is 113 Å². The van der Waals surface area contributed by atoms with Gasteiger partial charge in [0.15, 0.2) is 6.17 Å². The van der Waals surface area contributed by atoms with Crippen molar-refractivity contribution >= 4 is 42.3 Å². The average Bonchev–Trinajstić information content (AvgIpc) is 2.85. The van der Waals surface area contributed by atoms with Crippen LogP contribution in [0.4, 0.5) is 5.69 Å². The molecule has 1 aromatic heterocycles. The summed E-state index contributed by atoms with van der Waals surface area (Å²) in [6.45, 7) is 0. The summed E-state index contributed by atoms with van der Waals surface area (Å²) in [5, 5.41) is 6.44. The Morgan fingerprint density at radius 3 is 2.12 bits per heavy atom. The van der Waals surface area contributed by atoms with E-state index >= 15 is 0 Å². The molecule has 5 nitrogen and oxygen atoms in total. The van der Waals surface area contributed by atoms with Crippen LogP contribution in [-0.2, 0) is 0 Å². The molecule has 0 radical (unpaired) electrons. The van der Waals surface area contributed by atoms with E-state index in [1.54, 1.807) is 54.7 Å². The van der Waals surface area contributed by atoms with Crippen LogP contribution in [0.3, 0.4) is 0 Å². The molecule has 4 aromatic rings. The second-order valence-corrected chi connectivity index (χ2v) is 8.02. The second kappa shape index (κ2) is 10.1. The summed E-state index contributed by atoms with van der Waals surface area (Å²) < 4.78 is 0. The number of pyridine rings is 1. The molecule has 0 saturated carbocycles. The molecule has 0 bridgehead atoms. The lowest BCUT2D eigenvalue weighted by molar-refractivity contribution is 0.0866. The third-order valence-corrected chi connectivity index (χ3v) is 5.37. The molecule has 7 heteroatoms. The first kappa shape index (κ1) is 22.3. The molecule has 1 unspecified atom stereocenters. The van der Waals surface area contributed by atoms with Gasteiger partial charge in [0, 0.05) is 22.5 Å². The van der Waals surface area contributed by atoms with Crippen molar-refractivity contribution in [3.8, 4) is 11.1 Å². The monoisotopic (exact) mass is 453 g/mol. The normalized spacial score (nSPS) is 11.4. The highest BCUT2D eigenvalue weighted by atomic mass is 35.5. The third kappa shape index (κ3) is 5.67. The number of hydrogen-bond acceptors (Lipinski definition) is 4. The van der Waals surface area contributed by atoms with Crippen LogP contribution in [0.1, 0.15) is 20.8 Å². The summed E-state index contributed by atoms with van der Waals surface area (Å²) in [4.78, 5) is 30.3. The summed E-state index contributed by atoms with van der Waals surface area (Å²) in [7, 11) is 1.89. The zero-order valence-corrected chi connectivity index (χ0v) is 18.7. The van der Waals surface area contributed by atoms with E-state index in [9.17, 15) is 9.59 Å².